The average Bonchev–Trinajstić information content (AvgIpc) is 2.57. The third-order valence-electron chi connectivity index (χ3n) is 3.60. The van der Waals surface area contributed by atoms with E-state index >= 15 is 0 Å². The molecule has 0 spiro atoms. The Morgan fingerprint density at radius 1 is 1.06 bits per heavy atom. The van der Waals surface area contributed by atoms with Gasteiger partial charge in [-0.15, -0.1) is 0 Å². The lowest BCUT2D eigenvalue weighted by atomic mass is 9.88. The predicted molar refractivity (Wildman–Crippen MR) is 73.4 cm³/mol. The van der Waals surface area contributed by atoms with Gasteiger partial charge < -0.3 is 0 Å². The van der Waals surface area contributed by atoms with E-state index in [0.717, 1.165) is 12.8 Å². The first-order valence-corrected chi connectivity index (χ1v) is 6.89. The number of halogens is 2. The minimum absolute atomic E-state index is 0.342. The summed E-state index contributed by atoms with van der Waals surface area (Å²) in [7, 11) is 0. The predicted octanol–water partition coefficient (Wildman–Crippen LogP) is 3.87. The third-order valence-corrected chi connectivity index (χ3v) is 4.34. The normalized spacial score (nSPS) is 25.6. The molecule has 4 heteroatoms. The molecule has 2 nitrogen and oxygen atoms in total. The summed E-state index contributed by atoms with van der Waals surface area (Å²) in [6.45, 7) is 0. The first-order valence-electron chi connectivity index (χ1n) is 6.13. The van der Waals surface area contributed by atoms with Crippen LogP contribution in [0.1, 0.15) is 43.6 Å². The van der Waals surface area contributed by atoms with Crippen LogP contribution >= 0.6 is 23.2 Å². The maximum Gasteiger partial charge on any atom is 0.0595 e. The Balaban J connectivity index is 2.25. The highest BCUT2D eigenvalue weighted by Gasteiger charge is 2.24. The number of nitrogens with one attached hydrogen (secondary N) is 1. The Hall–Kier alpha value is -0.280. The molecule has 1 aromatic carbocycles. The van der Waals surface area contributed by atoms with Crippen LogP contribution in [0.4, 0.5) is 0 Å². The quantitative estimate of drug-likeness (QED) is 0.487. The topological polar surface area (TPSA) is 38.0 Å². The van der Waals surface area contributed by atoms with Crippen molar-refractivity contribution >= 4 is 23.2 Å². The maximum absolute atomic E-state index is 6.08. The molecule has 0 amide bonds. The number of nitrogens with two attached hydrogens (primary N) is 1. The first kappa shape index (κ1) is 13.2. The van der Waals surface area contributed by atoms with Crippen LogP contribution in [0.2, 0.25) is 10.0 Å². The van der Waals surface area contributed by atoms with E-state index in [1.165, 1.54) is 24.8 Å². The molecule has 2 rings (SSSR count). The summed E-state index contributed by atoms with van der Waals surface area (Å²) in [6.07, 6.45) is 6.07. The summed E-state index contributed by atoms with van der Waals surface area (Å²) in [5.74, 6) is 6.10. The van der Waals surface area contributed by atoms with Gasteiger partial charge in [0.05, 0.1) is 10.0 Å². The van der Waals surface area contributed by atoms with E-state index in [0.29, 0.717) is 22.0 Å². The Kier molecular flexibility index (Phi) is 4.69. The summed E-state index contributed by atoms with van der Waals surface area (Å²) < 4.78 is 0. The van der Waals surface area contributed by atoms with Crippen molar-refractivity contribution in [3.63, 3.8) is 0 Å². The van der Waals surface area contributed by atoms with Gasteiger partial charge in [0.15, 0.2) is 0 Å². The van der Waals surface area contributed by atoms with Crippen molar-refractivity contribution in [3.05, 3.63) is 33.8 Å². The van der Waals surface area contributed by atoms with Crippen LogP contribution in [0.15, 0.2) is 18.2 Å². The largest absolute Gasteiger partial charge is 0.271 e. The van der Waals surface area contributed by atoms with E-state index < -0.39 is 0 Å². The summed E-state index contributed by atoms with van der Waals surface area (Å²) >= 11 is 12.0. The van der Waals surface area contributed by atoms with Crippen LogP contribution in [-0.2, 0) is 0 Å². The van der Waals surface area contributed by atoms with Crippen molar-refractivity contribution in [3.8, 4) is 0 Å². The average molecular weight is 273 g/mol. The van der Waals surface area contributed by atoms with Crippen molar-refractivity contribution in [2.24, 2.45) is 5.84 Å². The number of hydrogen-bond acceptors (Lipinski definition) is 2. The van der Waals surface area contributed by atoms with Crippen LogP contribution in [0.25, 0.3) is 0 Å². The third kappa shape index (κ3) is 3.14. The van der Waals surface area contributed by atoms with Crippen LogP contribution in [0.3, 0.4) is 0 Å². The molecule has 0 aromatic heterocycles. The van der Waals surface area contributed by atoms with Crippen LogP contribution < -0.4 is 11.3 Å². The van der Waals surface area contributed by atoms with E-state index in [1.54, 1.807) is 0 Å². The molecule has 1 aliphatic carbocycles. The molecule has 2 atom stereocenters. The lowest BCUT2D eigenvalue weighted by Gasteiger charge is -2.25. The van der Waals surface area contributed by atoms with Crippen molar-refractivity contribution in [1.29, 1.82) is 0 Å². The highest BCUT2D eigenvalue weighted by molar-refractivity contribution is 6.42. The monoisotopic (exact) mass is 272 g/mol. The number of hydrogen-bond donors (Lipinski definition) is 2. The zero-order chi connectivity index (χ0) is 12.3. The standard InChI is InChI=1S/C13H18Cl2N2/c14-11-7-6-9(8-12(11)15)10-4-2-1-3-5-13(10)17-16/h6-8,10,13,17H,1-5,16H2. The lowest BCUT2D eigenvalue weighted by molar-refractivity contribution is 0.418. The van der Waals surface area contributed by atoms with Crippen molar-refractivity contribution in [2.45, 2.75) is 44.1 Å². The fourth-order valence-electron chi connectivity index (χ4n) is 2.65. The Morgan fingerprint density at radius 2 is 1.82 bits per heavy atom. The molecule has 1 aliphatic rings. The van der Waals surface area contributed by atoms with Crippen molar-refractivity contribution in [1.82, 2.24) is 5.43 Å². The Morgan fingerprint density at radius 3 is 2.53 bits per heavy atom. The summed E-state index contributed by atoms with van der Waals surface area (Å²) in [5.41, 5.74) is 4.19. The zero-order valence-corrected chi connectivity index (χ0v) is 11.3. The van der Waals surface area contributed by atoms with Crippen LogP contribution in [0.5, 0.6) is 0 Å². The molecule has 0 heterocycles. The number of rotatable bonds is 2. The summed E-state index contributed by atoms with van der Waals surface area (Å²) in [6, 6.07) is 6.26. The summed E-state index contributed by atoms with van der Waals surface area (Å²) in [5, 5.41) is 1.24. The molecule has 0 saturated heterocycles. The molecular weight excluding hydrogens is 255 g/mol. The Bertz CT molecular complexity index is 382. The van der Waals surface area contributed by atoms with Crippen LogP contribution in [-0.4, -0.2) is 6.04 Å². The maximum atomic E-state index is 6.08. The van der Waals surface area contributed by atoms with E-state index in [2.05, 4.69) is 11.5 Å². The Labute approximate surface area is 112 Å². The second kappa shape index (κ2) is 6.05. The fraction of sp³-hybridized carbons (Fsp3) is 0.538. The van der Waals surface area contributed by atoms with E-state index in [-0.39, 0.29) is 0 Å². The first-order chi connectivity index (χ1) is 8.22. The van der Waals surface area contributed by atoms with Gasteiger partial charge in [0.25, 0.3) is 0 Å². The second-order valence-electron chi connectivity index (χ2n) is 4.69. The SMILES string of the molecule is NNC1CCCCCC1c1ccc(Cl)c(Cl)c1. The smallest absolute Gasteiger partial charge is 0.0595 e. The van der Waals surface area contributed by atoms with Gasteiger partial charge in [0.1, 0.15) is 0 Å². The zero-order valence-electron chi connectivity index (χ0n) is 9.76. The van der Waals surface area contributed by atoms with Gasteiger partial charge in [-0.3, -0.25) is 11.3 Å². The molecule has 2 unspecified atom stereocenters. The summed E-state index contributed by atoms with van der Waals surface area (Å²) in [4.78, 5) is 0. The second-order valence-corrected chi connectivity index (χ2v) is 5.51. The highest BCUT2D eigenvalue weighted by Crippen LogP contribution is 2.34. The van der Waals surface area contributed by atoms with Crippen molar-refractivity contribution < 1.29 is 0 Å². The molecule has 0 bridgehead atoms. The molecule has 3 N–H and O–H groups in total. The highest BCUT2D eigenvalue weighted by atomic mass is 35.5. The molecular formula is C13H18Cl2N2. The van der Waals surface area contributed by atoms with Gasteiger partial charge in [0, 0.05) is 12.0 Å². The van der Waals surface area contributed by atoms with E-state index in [4.69, 9.17) is 29.0 Å². The minimum Gasteiger partial charge on any atom is -0.271 e. The van der Waals surface area contributed by atoms with Gasteiger partial charge in [-0.25, -0.2) is 0 Å². The fourth-order valence-corrected chi connectivity index (χ4v) is 2.96. The lowest BCUT2D eigenvalue weighted by Crippen LogP contribution is -2.39. The van der Waals surface area contributed by atoms with Crippen molar-refractivity contribution in [2.75, 3.05) is 0 Å². The molecule has 1 fully saturated rings. The number of benzene rings is 1. The van der Waals surface area contributed by atoms with Gasteiger partial charge >= 0.3 is 0 Å². The van der Waals surface area contributed by atoms with E-state index in [1.807, 2.05) is 12.1 Å². The van der Waals surface area contributed by atoms with E-state index in [9.17, 15) is 0 Å². The molecule has 0 radical (unpaired) electrons. The molecule has 0 aliphatic heterocycles. The molecule has 94 valence electrons. The van der Waals surface area contributed by atoms with Crippen LogP contribution in [0, 0.1) is 0 Å². The van der Waals surface area contributed by atoms with Gasteiger partial charge in [-0.1, -0.05) is 48.5 Å². The molecule has 1 saturated carbocycles. The van der Waals surface area contributed by atoms with Gasteiger partial charge in [0.2, 0.25) is 0 Å². The molecule has 17 heavy (non-hydrogen) atoms. The van der Waals surface area contributed by atoms with Gasteiger partial charge in [-0.05, 0) is 30.5 Å². The minimum atomic E-state index is 0.342. The van der Waals surface area contributed by atoms with Gasteiger partial charge in [-0.2, -0.15) is 0 Å². The number of hydrazine groups is 1. The molecule has 1 aromatic rings.